The lowest BCUT2D eigenvalue weighted by molar-refractivity contribution is 0.0994. The van der Waals surface area contributed by atoms with Crippen molar-refractivity contribution in [3.63, 3.8) is 0 Å². The Morgan fingerprint density at radius 1 is 0.830 bits per heavy atom. The van der Waals surface area contributed by atoms with Gasteiger partial charge in [-0.05, 0) is 104 Å². The van der Waals surface area contributed by atoms with Gasteiger partial charge in [0.15, 0.2) is 11.5 Å². The average Bonchev–Trinajstić information content (AvgIpc) is 3.07. The topological polar surface area (TPSA) is 107 Å². The number of benzene rings is 4. The number of aliphatic hydroxyl groups excluding tert-OH is 1. The van der Waals surface area contributed by atoms with E-state index < -0.39 is 5.91 Å². The molecule has 0 saturated carbocycles. The molecule has 6 bridgehead atoms. The van der Waals surface area contributed by atoms with E-state index in [0.29, 0.717) is 46.5 Å². The largest absolute Gasteiger partial charge is 0.496 e. The maximum absolute atomic E-state index is 13.2. The maximum atomic E-state index is 13.2. The maximum Gasteiger partial charge on any atom is 0.256 e. The van der Waals surface area contributed by atoms with Crippen LogP contribution in [0.3, 0.4) is 0 Å². The number of primary amides is 1. The van der Waals surface area contributed by atoms with Gasteiger partial charge in [0.1, 0.15) is 28.6 Å². The van der Waals surface area contributed by atoms with Crippen molar-refractivity contribution in [3.05, 3.63) is 105 Å². The highest BCUT2D eigenvalue weighted by atomic mass is 16.5. The Morgan fingerprint density at radius 2 is 1.49 bits per heavy atom. The Hall–Kier alpha value is -4.57. The summed E-state index contributed by atoms with van der Waals surface area (Å²) in [6.45, 7) is 1.57. The molecule has 0 unspecified atom stereocenters. The summed E-state index contributed by atoms with van der Waals surface area (Å²) in [5.74, 6) is 2.59. The van der Waals surface area contributed by atoms with Crippen LogP contribution in [0.15, 0.2) is 60.7 Å². The molecule has 47 heavy (non-hydrogen) atoms. The monoisotopic (exact) mass is 635 g/mol. The highest BCUT2D eigenvalue weighted by Crippen LogP contribution is 2.48. The second-order valence-electron chi connectivity index (χ2n) is 12.8. The Kier molecular flexibility index (Phi) is 8.30. The van der Waals surface area contributed by atoms with Gasteiger partial charge in [-0.2, -0.15) is 0 Å². The molecule has 4 aliphatic heterocycles. The molecule has 0 radical (unpaired) electrons. The molecular formula is C38H41N3O6. The van der Waals surface area contributed by atoms with Crippen molar-refractivity contribution in [3.8, 4) is 34.5 Å². The number of ether oxygens (including phenoxy) is 4. The number of rotatable bonds is 4. The highest BCUT2D eigenvalue weighted by molar-refractivity contribution is 5.99. The van der Waals surface area contributed by atoms with E-state index in [1.54, 1.807) is 14.2 Å². The lowest BCUT2D eigenvalue weighted by Crippen LogP contribution is -2.34. The van der Waals surface area contributed by atoms with E-state index >= 15 is 0 Å². The van der Waals surface area contributed by atoms with Crippen LogP contribution in [-0.4, -0.2) is 62.2 Å². The SMILES string of the molecule is COc1cc2c3cc1Oc1c(C(N)=O)c(OC)cc4c1[C@@H](Cc1ccc(CO)c(c1)Oc1ccc(cc1)C[C@@H]3N(C)CC2)N(C)CC4. The first-order valence-corrected chi connectivity index (χ1v) is 16.1. The standard InChI is InChI=1S/C38H41N3O6/c1-40-13-11-24-18-32(44-3)33-20-28(24)29(40)15-22-6-9-27(10-7-22)46-31-17-23(5-8-26(31)21-42)16-30-35-25(12-14-41(30)2)19-34(45-4)36(38(39)43)37(35)47-33/h5-10,17-20,29-30,42H,11-16,21H2,1-4H3,(H2,39,43)/t29-,30+/m0/s1. The Bertz CT molecular complexity index is 1840. The summed E-state index contributed by atoms with van der Waals surface area (Å²) in [5, 5.41) is 10.2. The highest BCUT2D eigenvalue weighted by Gasteiger charge is 2.35. The van der Waals surface area contributed by atoms with Crippen molar-refractivity contribution in [1.82, 2.24) is 9.80 Å². The Labute approximate surface area is 275 Å². The van der Waals surface area contributed by atoms with Crippen LogP contribution in [0, 0.1) is 0 Å². The van der Waals surface area contributed by atoms with Crippen LogP contribution in [0.5, 0.6) is 34.5 Å². The van der Waals surface area contributed by atoms with E-state index in [0.717, 1.165) is 54.6 Å². The van der Waals surface area contributed by atoms with Gasteiger partial charge in [0.25, 0.3) is 5.91 Å². The summed E-state index contributed by atoms with van der Waals surface area (Å²) in [4.78, 5) is 17.9. The quantitative estimate of drug-likeness (QED) is 0.293. The summed E-state index contributed by atoms with van der Waals surface area (Å²) < 4.78 is 25.0. The van der Waals surface area contributed by atoms with Gasteiger partial charge in [0.2, 0.25) is 0 Å². The fourth-order valence-electron chi connectivity index (χ4n) is 7.37. The molecule has 0 aliphatic carbocycles. The predicted molar refractivity (Wildman–Crippen MR) is 179 cm³/mol. The van der Waals surface area contributed by atoms with E-state index in [2.05, 4.69) is 48.2 Å². The molecule has 4 aliphatic rings. The summed E-state index contributed by atoms with van der Waals surface area (Å²) >= 11 is 0. The zero-order valence-electron chi connectivity index (χ0n) is 27.3. The second kappa shape index (κ2) is 12.6. The molecule has 4 heterocycles. The van der Waals surface area contributed by atoms with Gasteiger partial charge >= 0.3 is 0 Å². The van der Waals surface area contributed by atoms with Crippen LogP contribution in [0.4, 0.5) is 0 Å². The predicted octanol–water partition coefficient (Wildman–Crippen LogP) is 5.74. The molecule has 3 N–H and O–H groups in total. The molecule has 0 fully saturated rings. The van der Waals surface area contributed by atoms with Crippen molar-refractivity contribution in [2.45, 2.75) is 44.4 Å². The fourth-order valence-corrected chi connectivity index (χ4v) is 7.37. The van der Waals surface area contributed by atoms with Gasteiger partial charge in [-0.3, -0.25) is 14.6 Å². The number of nitrogens with two attached hydrogens (primary N) is 1. The molecule has 9 heteroatoms. The first-order valence-electron chi connectivity index (χ1n) is 16.1. The normalized spacial score (nSPS) is 19.1. The van der Waals surface area contributed by atoms with E-state index in [1.165, 1.54) is 11.1 Å². The third kappa shape index (κ3) is 5.69. The first-order chi connectivity index (χ1) is 22.8. The number of carbonyl (C=O) groups is 1. The van der Waals surface area contributed by atoms with Gasteiger partial charge in [-0.15, -0.1) is 0 Å². The molecule has 1 amide bonds. The minimum Gasteiger partial charge on any atom is -0.496 e. The van der Waals surface area contributed by atoms with E-state index in [4.69, 9.17) is 24.7 Å². The number of methoxy groups -OCH3 is 2. The van der Waals surface area contributed by atoms with Crippen molar-refractivity contribution in [1.29, 1.82) is 0 Å². The Balaban J connectivity index is 1.49. The summed E-state index contributed by atoms with van der Waals surface area (Å²) in [5.41, 5.74) is 13.5. The summed E-state index contributed by atoms with van der Waals surface area (Å²) in [6.07, 6.45) is 3.00. The van der Waals surface area contributed by atoms with Crippen LogP contribution in [0.2, 0.25) is 0 Å². The van der Waals surface area contributed by atoms with Gasteiger partial charge in [0.05, 0.1) is 20.8 Å². The lowest BCUT2D eigenvalue weighted by Gasteiger charge is -2.37. The molecule has 244 valence electrons. The number of hydrogen-bond acceptors (Lipinski definition) is 8. The lowest BCUT2D eigenvalue weighted by atomic mass is 9.85. The van der Waals surface area contributed by atoms with Crippen LogP contribution in [-0.2, 0) is 32.3 Å². The van der Waals surface area contributed by atoms with Crippen LogP contribution >= 0.6 is 0 Å². The summed E-state index contributed by atoms with van der Waals surface area (Å²) in [6, 6.07) is 20.1. The second-order valence-corrected chi connectivity index (χ2v) is 12.8. The number of nitrogens with zero attached hydrogens (tertiary/aromatic N) is 2. The number of amides is 1. The van der Waals surface area contributed by atoms with Gasteiger partial charge in [-0.1, -0.05) is 24.3 Å². The number of hydrogen-bond donors (Lipinski definition) is 2. The van der Waals surface area contributed by atoms with Crippen molar-refractivity contribution < 1.29 is 28.8 Å². The average molecular weight is 636 g/mol. The van der Waals surface area contributed by atoms with Crippen molar-refractivity contribution in [2.24, 2.45) is 5.73 Å². The minimum atomic E-state index is -0.630. The van der Waals surface area contributed by atoms with Crippen molar-refractivity contribution in [2.75, 3.05) is 41.4 Å². The van der Waals surface area contributed by atoms with Gasteiger partial charge < -0.3 is 29.8 Å². The molecule has 0 aromatic heterocycles. The number of aliphatic hydroxyl groups is 1. The fraction of sp³-hybridized carbons (Fsp3) is 0.342. The first kappa shape index (κ1) is 31.1. The molecule has 9 nitrogen and oxygen atoms in total. The third-order valence-electron chi connectivity index (χ3n) is 10.0. The van der Waals surface area contributed by atoms with Crippen LogP contribution in [0.1, 0.15) is 61.4 Å². The zero-order valence-corrected chi connectivity index (χ0v) is 27.3. The molecule has 0 spiro atoms. The van der Waals surface area contributed by atoms with E-state index in [1.807, 2.05) is 36.4 Å². The van der Waals surface area contributed by atoms with Gasteiger partial charge in [0, 0.05) is 36.3 Å². The number of likely N-dealkylation sites (N-methyl/N-ethyl adjacent to an activating group) is 2. The summed E-state index contributed by atoms with van der Waals surface area (Å²) in [7, 11) is 7.42. The van der Waals surface area contributed by atoms with Crippen LogP contribution in [0.25, 0.3) is 0 Å². The minimum absolute atomic E-state index is 0.0871. The molecule has 8 rings (SSSR count). The van der Waals surface area contributed by atoms with E-state index in [-0.39, 0.29) is 24.3 Å². The Morgan fingerprint density at radius 3 is 2.19 bits per heavy atom. The molecule has 4 aromatic rings. The molecular weight excluding hydrogens is 594 g/mol. The number of carbonyl (C=O) groups excluding carboxylic acids is 1. The molecule has 0 saturated heterocycles. The third-order valence-corrected chi connectivity index (χ3v) is 10.0. The van der Waals surface area contributed by atoms with E-state index in [9.17, 15) is 9.90 Å². The zero-order chi connectivity index (χ0) is 32.8. The van der Waals surface area contributed by atoms with Crippen LogP contribution < -0.4 is 24.7 Å². The molecule has 4 aromatic carbocycles. The number of fused-ring (bicyclic) bond motifs is 2. The smallest absolute Gasteiger partial charge is 0.256 e. The van der Waals surface area contributed by atoms with Crippen molar-refractivity contribution >= 4 is 5.91 Å². The molecule has 2 atom stereocenters. The van der Waals surface area contributed by atoms with Gasteiger partial charge in [-0.25, -0.2) is 0 Å².